The molecule has 4 unspecified atom stereocenters. The van der Waals surface area contributed by atoms with Crippen LogP contribution >= 0.6 is 0 Å². The highest BCUT2D eigenvalue weighted by molar-refractivity contribution is 5.87. The molecule has 1 heterocycles. The molecule has 2 rings (SSSR count). The second-order valence-electron chi connectivity index (χ2n) is 5.81. The Morgan fingerprint density at radius 2 is 2.06 bits per heavy atom. The molecule has 5 heteroatoms. The number of nitrogens with zero attached hydrogens (tertiary/aromatic N) is 1. The Labute approximate surface area is 108 Å². The molecule has 0 bridgehead atoms. The first-order valence-electron chi connectivity index (χ1n) is 6.80. The van der Waals surface area contributed by atoms with Crippen LogP contribution in [0.15, 0.2) is 0 Å². The molecule has 102 valence electrons. The van der Waals surface area contributed by atoms with E-state index in [1.54, 1.807) is 4.90 Å². The largest absolute Gasteiger partial charge is 0.353 e. The Balaban J connectivity index is 2.01. The van der Waals surface area contributed by atoms with Crippen LogP contribution in [0.5, 0.6) is 0 Å². The summed E-state index contributed by atoms with van der Waals surface area (Å²) in [5.41, 5.74) is 6.08. The van der Waals surface area contributed by atoms with Gasteiger partial charge < -0.3 is 16.0 Å². The highest BCUT2D eigenvalue weighted by Crippen LogP contribution is 2.34. The zero-order chi connectivity index (χ0) is 13.3. The van der Waals surface area contributed by atoms with Crippen molar-refractivity contribution in [2.24, 2.45) is 23.5 Å². The van der Waals surface area contributed by atoms with Crippen molar-refractivity contribution in [3.63, 3.8) is 0 Å². The first-order chi connectivity index (χ1) is 8.49. The summed E-state index contributed by atoms with van der Waals surface area (Å²) in [7, 11) is 0. The summed E-state index contributed by atoms with van der Waals surface area (Å²) in [6.45, 7) is 5.66. The summed E-state index contributed by atoms with van der Waals surface area (Å²) in [6, 6.07) is 0.105. The highest BCUT2D eigenvalue weighted by Gasteiger charge is 2.37. The van der Waals surface area contributed by atoms with Gasteiger partial charge in [0.25, 0.3) is 0 Å². The molecule has 1 aliphatic heterocycles. The third-order valence-corrected chi connectivity index (χ3v) is 4.35. The summed E-state index contributed by atoms with van der Waals surface area (Å²) in [6.07, 6.45) is 1.75. The SMILES string of the molecule is CC1CC(C)C(C(=O)N2CCNC(=O)C2)CC1N. The van der Waals surface area contributed by atoms with E-state index in [0.717, 1.165) is 12.8 Å². The van der Waals surface area contributed by atoms with Gasteiger partial charge in [0.15, 0.2) is 0 Å². The molecule has 2 amide bonds. The van der Waals surface area contributed by atoms with Crippen molar-refractivity contribution in [3.05, 3.63) is 0 Å². The zero-order valence-corrected chi connectivity index (χ0v) is 11.2. The van der Waals surface area contributed by atoms with Gasteiger partial charge in [-0.2, -0.15) is 0 Å². The second-order valence-corrected chi connectivity index (χ2v) is 5.81. The Kier molecular flexibility index (Phi) is 3.90. The van der Waals surface area contributed by atoms with Crippen LogP contribution in [-0.2, 0) is 9.59 Å². The number of carbonyl (C=O) groups is 2. The van der Waals surface area contributed by atoms with E-state index in [4.69, 9.17) is 5.73 Å². The quantitative estimate of drug-likeness (QED) is 0.688. The molecular formula is C13H23N3O2. The van der Waals surface area contributed by atoms with Crippen LogP contribution in [0.25, 0.3) is 0 Å². The van der Waals surface area contributed by atoms with Gasteiger partial charge in [-0.3, -0.25) is 9.59 Å². The van der Waals surface area contributed by atoms with Gasteiger partial charge in [0.2, 0.25) is 11.8 Å². The fourth-order valence-electron chi connectivity index (χ4n) is 3.09. The molecule has 3 N–H and O–H groups in total. The maximum Gasteiger partial charge on any atom is 0.239 e. The molecule has 2 fully saturated rings. The fourth-order valence-corrected chi connectivity index (χ4v) is 3.09. The van der Waals surface area contributed by atoms with E-state index in [0.29, 0.717) is 24.9 Å². The van der Waals surface area contributed by atoms with Gasteiger partial charge in [0, 0.05) is 25.0 Å². The lowest BCUT2D eigenvalue weighted by molar-refractivity contribution is -0.144. The van der Waals surface area contributed by atoms with E-state index in [1.807, 2.05) is 0 Å². The van der Waals surface area contributed by atoms with Crippen LogP contribution in [-0.4, -0.2) is 42.4 Å². The number of hydrogen-bond acceptors (Lipinski definition) is 3. The molecule has 4 atom stereocenters. The Morgan fingerprint density at radius 3 is 2.72 bits per heavy atom. The van der Waals surface area contributed by atoms with E-state index in [-0.39, 0.29) is 30.3 Å². The summed E-state index contributed by atoms with van der Waals surface area (Å²) >= 11 is 0. The number of carbonyl (C=O) groups excluding carboxylic acids is 2. The normalized spacial score (nSPS) is 37.3. The monoisotopic (exact) mass is 253 g/mol. The molecule has 1 saturated carbocycles. The van der Waals surface area contributed by atoms with Crippen molar-refractivity contribution in [2.75, 3.05) is 19.6 Å². The fraction of sp³-hybridized carbons (Fsp3) is 0.846. The molecule has 0 aromatic rings. The van der Waals surface area contributed by atoms with Crippen molar-refractivity contribution >= 4 is 11.8 Å². The van der Waals surface area contributed by atoms with Crippen LogP contribution in [0, 0.1) is 17.8 Å². The van der Waals surface area contributed by atoms with Gasteiger partial charge in [-0.1, -0.05) is 13.8 Å². The van der Waals surface area contributed by atoms with Crippen LogP contribution in [0.3, 0.4) is 0 Å². The predicted molar refractivity (Wildman–Crippen MR) is 68.6 cm³/mol. The number of rotatable bonds is 1. The predicted octanol–water partition coefficient (Wildman–Crippen LogP) is -0.0457. The van der Waals surface area contributed by atoms with Gasteiger partial charge in [-0.05, 0) is 24.7 Å². The average Bonchev–Trinajstić information content (AvgIpc) is 2.33. The molecule has 18 heavy (non-hydrogen) atoms. The third kappa shape index (κ3) is 2.66. The molecular weight excluding hydrogens is 230 g/mol. The highest BCUT2D eigenvalue weighted by atomic mass is 16.2. The smallest absolute Gasteiger partial charge is 0.239 e. The molecule has 1 saturated heterocycles. The Hall–Kier alpha value is -1.10. The van der Waals surface area contributed by atoms with E-state index >= 15 is 0 Å². The first-order valence-corrected chi connectivity index (χ1v) is 6.80. The van der Waals surface area contributed by atoms with Crippen LogP contribution in [0.4, 0.5) is 0 Å². The van der Waals surface area contributed by atoms with Crippen molar-refractivity contribution in [2.45, 2.75) is 32.7 Å². The Morgan fingerprint density at radius 1 is 1.33 bits per heavy atom. The average molecular weight is 253 g/mol. The number of piperazine rings is 1. The summed E-state index contributed by atoms with van der Waals surface area (Å²) < 4.78 is 0. The lowest BCUT2D eigenvalue weighted by atomic mass is 9.72. The minimum atomic E-state index is -0.0595. The van der Waals surface area contributed by atoms with Gasteiger partial charge in [0.05, 0.1) is 6.54 Å². The maximum atomic E-state index is 12.5. The molecule has 2 aliphatic rings. The summed E-state index contributed by atoms with van der Waals surface area (Å²) in [5, 5.41) is 2.74. The second kappa shape index (κ2) is 5.26. The molecule has 0 spiro atoms. The molecule has 0 aromatic carbocycles. The summed E-state index contributed by atoms with van der Waals surface area (Å²) in [5.74, 6) is 0.878. The minimum Gasteiger partial charge on any atom is -0.353 e. The summed E-state index contributed by atoms with van der Waals surface area (Å²) in [4.78, 5) is 25.5. The number of nitrogens with one attached hydrogen (secondary N) is 1. The topological polar surface area (TPSA) is 75.4 Å². The van der Waals surface area contributed by atoms with Gasteiger partial charge in [-0.25, -0.2) is 0 Å². The van der Waals surface area contributed by atoms with Crippen LogP contribution in [0.1, 0.15) is 26.7 Å². The van der Waals surface area contributed by atoms with Gasteiger partial charge >= 0.3 is 0 Å². The molecule has 1 aliphatic carbocycles. The molecule has 5 nitrogen and oxygen atoms in total. The van der Waals surface area contributed by atoms with E-state index in [1.165, 1.54) is 0 Å². The van der Waals surface area contributed by atoms with Gasteiger partial charge in [-0.15, -0.1) is 0 Å². The van der Waals surface area contributed by atoms with Crippen LogP contribution in [0.2, 0.25) is 0 Å². The van der Waals surface area contributed by atoms with Crippen molar-refractivity contribution in [1.29, 1.82) is 0 Å². The van der Waals surface area contributed by atoms with Gasteiger partial charge in [0.1, 0.15) is 0 Å². The number of amides is 2. The van der Waals surface area contributed by atoms with E-state index in [9.17, 15) is 9.59 Å². The van der Waals surface area contributed by atoms with E-state index < -0.39 is 0 Å². The van der Waals surface area contributed by atoms with Crippen molar-refractivity contribution < 1.29 is 9.59 Å². The number of hydrogen-bond donors (Lipinski definition) is 2. The minimum absolute atomic E-state index is 0.0119. The van der Waals surface area contributed by atoms with Crippen molar-refractivity contribution in [3.8, 4) is 0 Å². The maximum absolute atomic E-state index is 12.5. The van der Waals surface area contributed by atoms with Crippen molar-refractivity contribution in [1.82, 2.24) is 10.2 Å². The first kappa shape index (κ1) is 13.3. The standard InChI is InChI=1S/C13H23N3O2/c1-8-5-9(2)11(14)6-10(8)13(18)16-4-3-15-12(17)7-16/h8-11H,3-7,14H2,1-2H3,(H,15,17). The molecule has 0 radical (unpaired) electrons. The lowest BCUT2D eigenvalue weighted by Crippen LogP contribution is -2.54. The van der Waals surface area contributed by atoms with Crippen LogP contribution < -0.4 is 11.1 Å². The Bertz CT molecular complexity index is 345. The lowest BCUT2D eigenvalue weighted by Gasteiger charge is -2.39. The third-order valence-electron chi connectivity index (χ3n) is 4.35. The van der Waals surface area contributed by atoms with E-state index in [2.05, 4.69) is 19.2 Å². The molecule has 0 aromatic heterocycles. The zero-order valence-electron chi connectivity index (χ0n) is 11.2. The number of nitrogens with two attached hydrogens (primary N) is 1.